The summed E-state index contributed by atoms with van der Waals surface area (Å²) < 4.78 is 0. The summed E-state index contributed by atoms with van der Waals surface area (Å²) >= 11 is 0. The molecular weight excluding hydrogens is 284 g/mol. The number of H-pyrrole nitrogens is 1. The van der Waals surface area contributed by atoms with Crippen molar-refractivity contribution in [2.24, 2.45) is 0 Å². The first-order chi connectivity index (χ1) is 10.9. The van der Waals surface area contributed by atoms with Crippen LogP contribution in [0.4, 0.5) is 0 Å². The van der Waals surface area contributed by atoms with Crippen molar-refractivity contribution in [3.8, 4) is 11.1 Å². The second kappa shape index (κ2) is 5.92. The number of aromatic nitrogens is 1. The molecule has 3 nitrogen and oxygen atoms in total. The van der Waals surface area contributed by atoms with E-state index < -0.39 is 0 Å². The van der Waals surface area contributed by atoms with Crippen LogP contribution in [0, 0.1) is 0 Å². The number of hydrogen-bond acceptors (Lipinski definition) is 1. The Kier molecular flexibility index (Phi) is 3.95. The van der Waals surface area contributed by atoms with Gasteiger partial charge in [0.05, 0.1) is 6.42 Å². The van der Waals surface area contributed by atoms with Gasteiger partial charge in [0.1, 0.15) is 0 Å². The Bertz CT molecular complexity index is 826. The molecule has 1 heterocycles. The molecule has 0 aliphatic carbocycles. The Morgan fingerprint density at radius 2 is 1.65 bits per heavy atom. The van der Waals surface area contributed by atoms with Crippen LogP contribution in [0.15, 0.2) is 54.6 Å². The number of para-hydroxylation sites is 1. The third-order valence-electron chi connectivity index (χ3n) is 3.70. The summed E-state index contributed by atoms with van der Waals surface area (Å²) in [5, 5.41) is 4.18. The van der Waals surface area contributed by atoms with E-state index in [-0.39, 0.29) is 11.4 Å². The number of aromatic amines is 1. The summed E-state index contributed by atoms with van der Waals surface area (Å²) in [6.45, 7) is 5.98. The monoisotopic (exact) mass is 306 g/mol. The van der Waals surface area contributed by atoms with E-state index in [1.807, 2.05) is 57.2 Å². The minimum atomic E-state index is -0.226. The van der Waals surface area contributed by atoms with Crippen LogP contribution in [0.5, 0.6) is 0 Å². The standard InChI is InChI=1S/C20H22N2O/c1-20(2,3)22-18(23)13-17-19(14-9-5-4-6-10-14)15-11-7-8-12-16(15)21-17/h4-12,21H,13H2,1-3H3,(H,22,23). The van der Waals surface area contributed by atoms with Crippen molar-refractivity contribution >= 4 is 16.8 Å². The first kappa shape index (κ1) is 15.3. The van der Waals surface area contributed by atoms with Gasteiger partial charge in [-0.1, -0.05) is 48.5 Å². The van der Waals surface area contributed by atoms with Crippen LogP contribution in [0.1, 0.15) is 26.5 Å². The Morgan fingerprint density at radius 1 is 1.00 bits per heavy atom. The third kappa shape index (κ3) is 3.45. The maximum Gasteiger partial charge on any atom is 0.226 e. The molecule has 0 saturated carbocycles. The molecule has 0 aliphatic heterocycles. The molecular formula is C20H22N2O. The van der Waals surface area contributed by atoms with Crippen molar-refractivity contribution in [2.75, 3.05) is 0 Å². The van der Waals surface area contributed by atoms with Gasteiger partial charge in [-0.25, -0.2) is 0 Å². The summed E-state index contributed by atoms with van der Waals surface area (Å²) in [5.41, 5.74) is 4.04. The number of rotatable bonds is 3. The van der Waals surface area contributed by atoms with Crippen molar-refractivity contribution in [2.45, 2.75) is 32.7 Å². The fraction of sp³-hybridized carbons (Fsp3) is 0.250. The average molecular weight is 306 g/mol. The van der Waals surface area contributed by atoms with Crippen molar-refractivity contribution in [1.29, 1.82) is 0 Å². The second-order valence-corrected chi connectivity index (χ2v) is 6.87. The molecule has 2 N–H and O–H groups in total. The molecule has 3 heteroatoms. The van der Waals surface area contributed by atoms with Gasteiger partial charge in [0.15, 0.2) is 0 Å². The number of fused-ring (bicyclic) bond motifs is 1. The minimum absolute atomic E-state index is 0.0289. The molecule has 1 aromatic heterocycles. The first-order valence-electron chi connectivity index (χ1n) is 7.90. The maximum atomic E-state index is 12.4. The van der Waals surface area contributed by atoms with Gasteiger partial charge in [-0.3, -0.25) is 4.79 Å². The van der Waals surface area contributed by atoms with Gasteiger partial charge < -0.3 is 10.3 Å². The molecule has 0 unspecified atom stereocenters. The SMILES string of the molecule is CC(C)(C)NC(=O)Cc1[nH]c2ccccc2c1-c1ccccc1. The summed E-state index contributed by atoms with van der Waals surface area (Å²) in [7, 11) is 0. The quantitative estimate of drug-likeness (QED) is 0.745. The van der Waals surface area contributed by atoms with E-state index in [0.717, 1.165) is 27.7 Å². The van der Waals surface area contributed by atoms with Crippen LogP contribution in [-0.2, 0) is 11.2 Å². The molecule has 23 heavy (non-hydrogen) atoms. The van der Waals surface area contributed by atoms with Crippen LogP contribution in [0.3, 0.4) is 0 Å². The number of amides is 1. The predicted molar refractivity (Wildman–Crippen MR) is 95.3 cm³/mol. The highest BCUT2D eigenvalue weighted by molar-refractivity contribution is 5.99. The van der Waals surface area contributed by atoms with Crippen LogP contribution < -0.4 is 5.32 Å². The molecule has 0 atom stereocenters. The van der Waals surface area contributed by atoms with Crippen LogP contribution in [0.2, 0.25) is 0 Å². The zero-order chi connectivity index (χ0) is 16.4. The molecule has 3 aromatic rings. The van der Waals surface area contributed by atoms with E-state index >= 15 is 0 Å². The molecule has 118 valence electrons. The number of carbonyl (C=O) groups excluding carboxylic acids is 1. The van der Waals surface area contributed by atoms with Crippen molar-refractivity contribution in [3.05, 3.63) is 60.3 Å². The van der Waals surface area contributed by atoms with E-state index in [9.17, 15) is 4.79 Å². The lowest BCUT2D eigenvalue weighted by molar-refractivity contribution is -0.121. The molecule has 0 radical (unpaired) electrons. The highest BCUT2D eigenvalue weighted by Crippen LogP contribution is 2.32. The smallest absolute Gasteiger partial charge is 0.226 e. The first-order valence-corrected chi connectivity index (χ1v) is 7.90. The molecule has 0 fully saturated rings. The lowest BCUT2D eigenvalue weighted by atomic mass is 10.00. The molecule has 0 bridgehead atoms. The van der Waals surface area contributed by atoms with Gasteiger partial charge in [-0.15, -0.1) is 0 Å². The van der Waals surface area contributed by atoms with Crippen molar-refractivity contribution in [1.82, 2.24) is 10.3 Å². The predicted octanol–water partition coefficient (Wildman–Crippen LogP) is 4.29. The zero-order valence-corrected chi connectivity index (χ0v) is 13.8. The molecule has 0 aliphatic rings. The second-order valence-electron chi connectivity index (χ2n) is 6.87. The Labute approximate surface area is 136 Å². The summed E-state index contributed by atoms with van der Waals surface area (Å²) in [4.78, 5) is 15.8. The van der Waals surface area contributed by atoms with Crippen LogP contribution >= 0.6 is 0 Å². The normalized spacial score (nSPS) is 11.6. The number of nitrogens with one attached hydrogen (secondary N) is 2. The summed E-state index contributed by atoms with van der Waals surface area (Å²) in [6.07, 6.45) is 0.343. The fourth-order valence-electron chi connectivity index (χ4n) is 2.89. The third-order valence-corrected chi connectivity index (χ3v) is 3.70. The van der Waals surface area contributed by atoms with E-state index in [4.69, 9.17) is 0 Å². The Hall–Kier alpha value is -2.55. The lowest BCUT2D eigenvalue weighted by Gasteiger charge is -2.20. The largest absolute Gasteiger partial charge is 0.357 e. The fourth-order valence-corrected chi connectivity index (χ4v) is 2.89. The van der Waals surface area contributed by atoms with Gasteiger partial charge >= 0.3 is 0 Å². The number of hydrogen-bond donors (Lipinski definition) is 2. The highest BCUT2D eigenvalue weighted by atomic mass is 16.1. The van der Waals surface area contributed by atoms with Crippen molar-refractivity contribution in [3.63, 3.8) is 0 Å². The summed E-state index contributed by atoms with van der Waals surface area (Å²) in [5.74, 6) is 0.0289. The van der Waals surface area contributed by atoms with E-state index in [1.54, 1.807) is 0 Å². The van der Waals surface area contributed by atoms with Gasteiger partial charge in [0, 0.05) is 27.7 Å². The molecule has 0 saturated heterocycles. The average Bonchev–Trinajstić information content (AvgIpc) is 2.83. The van der Waals surface area contributed by atoms with Crippen LogP contribution in [-0.4, -0.2) is 16.4 Å². The van der Waals surface area contributed by atoms with E-state index in [0.29, 0.717) is 6.42 Å². The minimum Gasteiger partial charge on any atom is -0.357 e. The number of benzene rings is 2. The van der Waals surface area contributed by atoms with Crippen molar-refractivity contribution < 1.29 is 4.79 Å². The van der Waals surface area contributed by atoms with Gasteiger partial charge in [-0.05, 0) is 32.4 Å². The topological polar surface area (TPSA) is 44.9 Å². The molecule has 2 aromatic carbocycles. The van der Waals surface area contributed by atoms with Gasteiger partial charge in [0.2, 0.25) is 5.91 Å². The summed E-state index contributed by atoms with van der Waals surface area (Å²) in [6, 6.07) is 18.4. The van der Waals surface area contributed by atoms with E-state index in [1.165, 1.54) is 0 Å². The number of carbonyl (C=O) groups is 1. The molecule has 3 rings (SSSR count). The lowest BCUT2D eigenvalue weighted by Crippen LogP contribution is -2.41. The Balaban J connectivity index is 2.05. The van der Waals surface area contributed by atoms with E-state index in [2.05, 4.69) is 28.5 Å². The highest BCUT2D eigenvalue weighted by Gasteiger charge is 2.18. The maximum absolute atomic E-state index is 12.4. The Morgan fingerprint density at radius 3 is 2.35 bits per heavy atom. The van der Waals surface area contributed by atoms with Crippen LogP contribution in [0.25, 0.3) is 22.0 Å². The van der Waals surface area contributed by atoms with Gasteiger partial charge in [-0.2, -0.15) is 0 Å². The zero-order valence-electron chi connectivity index (χ0n) is 13.8. The van der Waals surface area contributed by atoms with Gasteiger partial charge in [0.25, 0.3) is 0 Å². The molecule has 1 amide bonds. The molecule has 0 spiro atoms.